The van der Waals surface area contributed by atoms with Crippen molar-refractivity contribution in [2.75, 3.05) is 19.6 Å². The molecule has 12 heteroatoms. The molecular formula is C138H92N10S2. The number of benzene rings is 22. The Morgan fingerprint density at radius 3 is 0.660 bits per heavy atom. The highest BCUT2D eigenvalue weighted by molar-refractivity contribution is 8.00. The Hall–Kier alpha value is -19.2. The van der Waals surface area contributed by atoms with Gasteiger partial charge in [0.2, 0.25) is 0 Å². The zero-order chi connectivity index (χ0) is 98.8. The van der Waals surface area contributed by atoms with Gasteiger partial charge in [-0.2, -0.15) is 0 Å². The van der Waals surface area contributed by atoms with Crippen LogP contribution in [0.2, 0.25) is 0 Å². The number of rotatable bonds is 13. The van der Waals surface area contributed by atoms with Crippen LogP contribution in [0.1, 0.15) is 0 Å². The summed E-state index contributed by atoms with van der Waals surface area (Å²) in [5.74, 6) is 0. The highest BCUT2D eigenvalue weighted by atomic mass is 32.2. The van der Waals surface area contributed by atoms with Crippen molar-refractivity contribution in [2.24, 2.45) is 0 Å². The Morgan fingerprint density at radius 2 is 0.333 bits per heavy atom. The fourth-order valence-electron chi connectivity index (χ4n) is 23.4. The molecule has 9 heterocycles. The second-order valence-electron chi connectivity index (χ2n) is 38.2. The van der Waals surface area contributed by atoms with Gasteiger partial charge in [-0.1, -0.05) is 345 Å². The molecule has 0 atom stereocenters. The van der Waals surface area contributed by atoms with Crippen molar-refractivity contribution in [1.82, 2.24) is 27.4 Å². The summed E-state index contributed by atoms with van der Waals surface area (Å²) in [6, 6.07) is 202. The Kier molecular flexibility index (Phi) is 21.3. The lowest BCUT2D eigenvalue weighted by atomic mass is 10.0. The van der Waals surface area contributed by atoms with Gasteiger partial charge in [-0.05, 0) is 253 Å². The van der Waals surface area contributed by atoms with E-state index in [4.69, 9.17) is 0 Å². The topological polar surface area (TPSA) is 42.5 Å². The maximum Gasteiger partial charge on any atom is 0.0703 e. The van der Waals surface area contributed by atoms with Crippen molar-refractivity contribution in [3.05, 3.63) is 558 Å². The van der Waals surface area contributed by atoms with Gasteiger partial charge in [-0.15, -0.1) is 0 Å². The van der Waals surface area contributed by atoms with Gasteiger partial charge in [0.1, 0.15) is 0 Å². The SMILES string of the molecule is c1ccc(-c2cc3c(ccc4c5ccccc5n(-c5ccc(N6c7ccccc7Sc7ccccc76)cc5)c43)n2-c2ccccc2)cc1.c1ccc(-c2cc3c(ccc4c5ccccc5n(-c5cccc(N6c7ccccc7N(c7ccccc7)c7ccccc76)c5)c43)n2-c2ccccc2)cc1.c1ccc(-c2cc3c(ccc4c5ccccc5n(-c5cccc(N6c7ccccc7Sc7ccccc76)c5)c43)n2-c2ccccc2)cc1. The van der Waals surface area contributed by atoms with Crippen molar-refractivity contribution >= 4 is 190 Å². The third-order valence-electron chi connectivity index (χ3n) is 29.8. The van der Waals surface area contributed by atoms with Crippen molar-refractivity contribution < 1.29 is 0 Å². The summed E-state index contributed by atoms with van der Waals surface area (Å²) < 4.78 is 14.6. The van der Waals surface area contributed by atoms with Gasteiger partial charge in [-0.3, -0.25) is 0 Å². The van der Waals surface area contributed by atoms with Crippen LogP contribution in [0.5, 0.6) is 0 Å². The lowest BCUT2D eigenvalue weighted by molar-refractivity contribution is 1.13. The maximum absolute atomic E-state index is 2.47. The van der Waals surface area contributed by atoms with Crippen LogP contribution in [0.25, 0.3) is 166 Å². The Bertz CT molecular complexity index is 9970. The molecule has 10 nitrogen and oxygen atoms in total. The molecule has 0 N–H and O–H groups in total. The second-order valence-corrected chi connectivity index (χ2v) is 40.4. The monoisotopic (exact) mass is 1950 g/mol. The highest BCUT2D eigenvalue weighted by Gasteiger charge is 2.34. The molecule has 0 saturated heterocycles. The number of aromatic nitrogens is 6. The van der Waals surface area contributed by atoms with Crippen molar-refractivity contribution in [2.45, 2.75) is 19.6 Å². The van der Waals surface area contributed by atoms with E-state index >= 15 is 0 Å². The highest BCUT2D eigenvalue weighted by Crippen LogP contribution is 2.58. The predicted octanol–water partition coefficient (Wildman–Crippen LogP) is 38.3. The minimum atomic E-state index is 1.10. The van der Waals surface area contributed by atoms with Gasteiger partial charge < -0.3 is 47.0 Å². The molecule has 0 aliphatic carbocycles. The van der Waals surface area contributed by atoms with E-state index < -0.39 is 0 Å². The Balaban J connectivity index is 0.000000106. The van der Waals surface area contributed by atoms with E-state index in [9.17, 15) is 0 Å². The van der Waals surface area contributed by atoms with Crippen LogP contribution in [-0.4, -0.2) is 27.4 Å². The van der Waals surface area contributed by atoms with Gasteiger partial charge in [0.15, 0.2) is 0 Å². The summed E-state index contributed by atoms with van der Waals surface area (Å²) in [5, 5.41) is 11.1. The van der Waals surface area contributed by atoms with Crippen LogP contribution in [0.3, 0.4) is 0 Å². The van der Waals surface area contributed by atoms with E-state index in [1.807, 2.05) is 23.5 Å². The standard InChI is InChI=1S/C50H34N4.2C44H29N3S/c1-4-17-35(18-5-1)49-34-42-44(51(49)36-19-6-2-7-20-36)32-31-41-40-25-10-11-26-43(40)54(50(41)42)39-24-16-23-38(33-39)53-47-29-14-12-27-45(47)52(37-21-8-3-9-22-37)46-28-13-15-30-48(46)53;1-3-14-30(15-4-1)41-29-36-38(45(41)31-16-5-2-6-17-31)27-26-35-34-20-7-8-21-37(34)47(44(35)36)33-19-13-18-32(28-33)46-39-22-9-11-24-42(39)48-43-25-12-10-23-40(43)46;1-3-13-30(14-4-1)41-29-36-38(45(41)31-15-5-2-6-16-31)28-27-35-34-17-7-8-18-37(34)47(44(35)36)33-25-23-32(24-26-33)46-39-19-9-11-21-42(39)48-43-22-12-10-20-40(43)46/h1-34H;2*1-29H. The third-order valence-corrected chi connectivity index (χ3v) is 32.0. The molecule has 150 heavy (non-hydrogen) atoms. The second kappa shape index (κ2) is 36.5. The van der Waals surface area contributed by atoms with Crippen LogP contribution >= 0.6 is 23.5 Å². The molecule has 706 valence electrons. The molecule has 0 amide bonds. The maximum atomic E-state index is 2.47. The van der Waals surface area contributed by atoms with E-state index in [-0.39, 0.29) is 0 Å². The first-order valence-corrected chi connectivity index (χ1v) is 52.7. The predicted molar refractivity (Wildman–Crippen MR) is 630 cm³/mol. The molecular weight excluding hydrogens is 1860 g/mol. The summed E-state index contributed by atoms with van der Waals surface area (Å²) in [7, 11) is 0. The van der Waals surface area contributed by atoms with Crippen LogP contribution in [0.4, 0.5) is 68.2 Å². The number of para-hydroxylation sites is 15. The summed E-state index contributed by atoms with van der Waals surface area (Å²) in [5.41, 5.74) is 38.6. The lowest BCUT2D eigenvalue weighted by Gasteiger charge is -2.40. The molecule has 3 aliphatic heterocycles. The average molecular weight is 1950 g/mol. The third kappa shape index (κ3) is 14.5. The minimum absolute atomic E-state index is 1.10. The molecule has 28 aromatic rings. The van der Waals surface area contributed by atoms with Gasteiger partial charge in [-0.25, -0.2) is 0 Å². The largest absolute Gasteiger partial charge is 0.309 e. The first-order chi connectivity index (χ1) is 74.5. The quantitative estimate of drug-likeness (QED) is 0.115. The van der Waals surface area contributed by atoms with Gasteiger partial charge in [0.25, 0.3) is 0 Å². The molecule has 3 aliphatic rings. The number of nitrogens with zero attached hydrogens (tertiary/aromatic N) is 10. The average Bonchev–Trinajstić information content (AvgIpc) is 1.55. The summed E-state index contributed by atoms with van der Waals surface area (Å²) in [6.45, 7) is 0. The normalized spacial score (nSPS) is 12.4. The first kappa shape index (κ1) is 87.4. The van der Waals surface area contributed by atoms with Crippen LogP contribution in [0.15, 0.2) is 578 Å². The molecule has 0 radical (unpaired) electrons. The number of hydrogen-bond acceptors (Lipinski definition) is 6. The van der Waals surface area contributed by atoms with Crippen LogP contribution in [0, 0.1) is 0 Å². The van der Waals surface area contributed by atoms with Crippen molar-refractivity contribution in [3.63, 3.8) is 0 Å². The van der Waals surface area contributed by atoms with E-state index in [2.05, 4.69) is 605 Å². The van der Waals surface area contributed by atoms with E-state index in [0.717, 1.165) is 79.6 Å². The Labute approximate surface area is 875 Å². The molecule has 22 aromatic carbocycles. The van der Waals surface area contributed by atoms with E-state index in [0.29, 0.717) is 0 Å². The molecule has 31 rings (SSSR count). The molecule has 6 aromatic heterocycles. The van der Waals surface area contributed by atoms with Gasteiger partial charge >= 0.3 is 0 Å². The number of hydrogen-bond donors (Lipinski definition) is 0. The molecule has 0 saturated carbocycles. The fourth-order valence-corrected chi connectivity index (χ4v) is 25.5. The molecule has 0 fully saturated rings. The zero-order valence-corrected chi connectivity index (χ0v) is 83.0. The Morgan fingerprint density at radius 1 is 0.120 bits per heavy atom. The van der Waals surface area contributed by atoms with Crippen LogP contribution < -0.4 is 19.6 Å². The minimum Gasteiger partial charge on any atom is -0.309 e. The summed E-state index contributed by atoms with van der Waals surface area (Å²) in [4.78, 5) is 14.6. The fraction of sp³-hybridized carbons (Fsp3) is 0. The number of fused-ring (bicyclic) bond motifs is 21. The van der Waals surface area contributed by atoms with Crippen molar-refractivity contribution in [3.8, 4) is 67.9 Å². The van der Waals surface area contributed by atoms with Gasteiger partial charge in [0.05, 0.1) is 112 Å². The summed E-state index contributed by atoms with van der Waals surface area (Å²) >= 11 is 3.68. The lowest BCUT2D eigenvalue weighted by Crippen LogP contribution is -2.23. The molecule has 0 spiro atoms. The van der Waals surface area contributed by atoms with Crippen molar-refractivity contribution in [1.29, 1.82) is 0 Å². The first-order valence-electron chi connectivity index (χ1n) is 51.0. The molecule has 0 bridgehead atoms. The van der Waals surface area contributed by atoms with E-state index in [1.54, 1.807) is 0 Å². The molecule has 0 unspecified atom stereocenters. The van der Waals surface area contributed by atoms with Gasteiger partial charge in [0, 0.05) is 125 Å². The smallest absolute Gasteiger partial charge is 0.0703 e. The summed E-state index contributed by atoms with van der Waals surface area (Å²) in [6.07, 6.45) is 0. The van der Waals surface area contributed by atoms with Crippen LogP contribution in [-0.2, 0) is 0 Å². The zero-order valence-electron chi connectivity index (χ0n) is 81.4. The number of anilines is 12. The van der Waals surface area contributed by atoms with E-state index in [1.165, 1.54) is 174 Å².